The van der Waals surface area contributed by atoms with Crippen molar-refractivity contribution in [2.45, 2.75) is 36.8 Å². The smallest absolute Gasteiger partial charge is 0.243 e. The zero-order valence-electron chi connectivity index (χ0n) is 13.5. The third-order valence-corrected chi connectivity index (χ3v) is 6.35. The van der Waals surface area contributed by atoms with E-state index in [1.165, 1.54) is 4.31 Å². The van der Waals surface area contributed by atoms with Crippen molar-refractivity contribution >= 4 is 10.0 Å². The molecule has 1 aliphatic carbocycles. The number of aromatic nitrogens is 3. The quantitative estimate of drug-likeness (QED) is 0.840. The Labute approximate surface area is 141 Å². The molecule has 8 heteroatoms. The monoisotopic (exact) mass is 348 g/mol. The Hall–Kier alpha value is -1.77. The average Bonchev–Trinajstić information content (AvgIpc) is 3.32. The standard InChI is InChI=1S/C16H20N4O3S/c1-12-2-6-14(7-3-12)24(21,22)19-8-9-23-16(11-19)15-10-20(18-17-15)13-4-5-13/h2-3,6-7,10,13,16H,4-5,8-9,11H2,1H3. The number of rotatable bonds is 4. The van der Waals surface area contributed by atoms with E-state index in [1.54, 1.807) is 12.1 Å². The van der Waals surface area contributed by atoms with Gasteiger partial charge in [0.1, 0.15) is 11.8 Å². The molecule has 2 aliphatic rings. The van der Waals surface area contributed by atoms with Gasteiger partial charge in [-0.15, -0.1) is 5.10 Å². The fourth-order valence-electron chi connectivity index (χ4n) is 2.84. The van der Waals surface area contributed by atoms with E-state index in [1.807, 2.05) is 29.9 Å². The third kappa shape index (κ3) is 2.97. The number of benzene rings is 1. The van der Waals surface area contributed by atoms with Crippen LogP contribution in [0.2, 0.25) is 0 Å². The number of nitrogens with zero attached hydrogens (tertiary/aromatic N) is 4. The zero-order chi connectivity index (χ0) is 16.7. The summed E-state index contributed by atoms with van der Waals surface area (Å²) in [6, 6.07) is 7.37. The topological polar surface area (TPSA) is 77.3 Å². The van der Waals surface area contributed by atoms with Gasteiger partial charge in [-0.05, 0) is 31.9 Å². The van der Waals surface area contributed by atoms with Crippen molar-refractivity contribution in [3.63, 3.8) is 0 Å². The summed E-state index contributed by atoms with van der Waals surface area (Å²) >= 11 is 0. The van der Waals surface area contributed by atoms with Crippen molar-refractivity contribution in [1.82, 2.24) is 19.3 Å². The Bertz CT molecular complexity index is 827. The van der Waals surface area contributed by atoms with Gasteiger partial charge >= 0.3 is 0 Å². The molecular formula is C16H20N4O3S. The second kappa shape index (κ2) is 5.94. The Morgan fingerprint density at radius 3 is 2.67 bits per heavy atom. The minimum atomic E-state index is -3.52. The van der Waals surface area contributed by atoms with Crippen LogP contribution in [-0.2, 0) is 14.8 Å². The molecule has 1 aromatic carbocycles. The van der Waals surface area contributed by atoms with Gasteiger partial charge in [0.15, 0.2) is 0 Å². The molecule has 0 radical (unpaired) electrons. The maximum atomic E-state index is 12.8. The van der Waals surface area contributed by atoms with Crippen molar-refractivity contribution in [1.29, 1.82) is 0 Å². The summed E-state index contributed by atoms with van der Waals surface area (Å²) < 4.78 is 34.7. The minimum Gasteiger partial charge on any atom is -0.369 e. The third-order valence-electron chi connectivity index (χ3n) is 4.47. The van der Waals surface area contributed by atoms with Gasteiger partial charge < -0.3 is 4.74 Å². The summed E-state index contributed by atoms with van der Waals surface area (Å²) in [6.45, 7) is 2.90. The lowest BCUT2D eigenvalue weighted by Crippen LogP contribution is -2.42. The Balaban J connectivity index is 1.54. The first-order valence-corrected chi connectivity index (χ1v) is 9.58. The van der Waals surface area contributed by atoms with Gasteiger partial charge in [0.25, 0.3) is 0 Å². The van der Waals surface area contributed by atoms with Crippen molar-refractivity contribution in [3.8, 4) is 0 Å². The van der Waals surface area contributed by atoms with Crippen LogP contribution < -0.4 is 0 Å². The molecular weight excluding hydrogens is 328 g/mol. The molecule has 7 nitrogen and oxygen atoms in total. The summed E-state index contributed by atoms with van der Waals surface area (Å²) in [4.78, 5) is 0.315. The molecule has 1 unspecified atom stereocenters. The average molecular weight is 348 g/mol. The lowest BCUT2D eigenvalue weighted by molar-refractivity contribution is -0.00501. The Kier molecular flexibility index (Phi) is 3.90. The summed E-state index contributed by atoms with van der Waals surface area (Å²) in [7, 11) is -3.52. The van der Waals surface area contributed by atoms with Gasteiger partial charge in [-0.25, -0.2) is 13.1 Å². The fraction of sp³-hybridized carbons (Fsp3) is 0.500. The van der Waals surface area contributed by atoms with Crippen LogP contribution in [0.25, 0.3) is 0 Å². The molecule has 2 heterocycles. The molecule has 0 N–H and O–H groups in total. The first-order valence-electron chi connectivity index (χ1n) is 8.14. The van der Waals surface area contributed by atoms with Gasteiger partial charge in [0, 0.05) is 13.1 Å². The number of hydrogen-bond acceptors (Lipinski definition) is 5. The SMILES string of the molecule is Cc1ccc(S(=O)(=O)N2CCOC(c3cn(C4CC4)nn3)C2)cc1. The molecule has 2 fully saturated rings. The summed E-state index contributed by atoms with van der Waals surface area (Å²) in [5.41, 5.74) is 1.73. The normalized spacial score (nSPS) is 22.6. The maximum absolute atomic E-state index is 12.8. The molecule has 2 aromatic rings. The predicted molar refractivity (Wildman–Crippen MR) is 86.9 cm³/mol. The van der Waals surface area contributed by atoms with Crippen LogP contribution in [0.4, 0.5) is 0 Å². The summed E-state index contributed by atoms with van der Waals surface area (Å²) in [5, 5.41) is 8.30. The van der Waals surface area contributed by atoms with Crippen molar-refractivity contribution in [3.05, 3.63) is 41.7 Å². The van der Waals surface area contributed by atoms with Crippen LogP contribution in [0.5, 0.6) is 0 Å². The van der Waals surface area contributed by atoms with E-state index in [9.17, 15) is 8.42 Å². The highest BCUT2D eigenvalue weighted by Crippen LogP contribution is 2.34. The van der Waals surface area contributed by atoms with Crippen molar-refractivity contribution in [2.24, 2.45) is 0 Å². The molecule has 1 aromatic heterocycles. The van der Waals surface area contributed by atoms with Gasteiger partial charge in [-0.3, -0.25) is 0 Å². The molecule has 128 valence electrons. The molecule has 0 bridgehead atoms. The first-order chi connectivity index (χ1) is 11.5. The van der Waals surface area contributed by atoms with Gasteiger partial charge in [-0.1, -0.05) is 22.9 Å². The van der Waals surface area contributed by atoms with E-state index in [0.717, 1.165) is 18.4 Å². The highest BCUT2D eigenvalue weighted by atomic mass is 32.2. The fourth-order valence-corrected chi connectivity index (χ4v) is 4.26. The van der Waals surface area contributed by atoms with Crippen LogP contribution in [0.3, 0.4) is 0 Å². The van der Waals surface area contributed by atoms with Gasteiger partial charge in [0.2, 0.25) is 10.0 Å². The molecule has 0 amide bonds. The van der Waals surface area contributed by atoms with Crippen LogP contribution in [-0.4, -0.2) is 47.4 Å². The molecule has 1 aliphatic heterocycles. The second-order valence-electron chi connectivity index (χ2n) is 6.39. The molecule has 1 saturated carbocycles. The summed E-state index contributed by atoms with van der Waals surface area (Å²) in [5.74, 6) is 0. The van der Waals surface area contributed by atoms with E-state index in [2.05, 4.69) is 10.3 Å². The highest BCUT2D eigenvalue weighted by Gasteiger charge is 2.33. The lowest BCUT2D eigenvalue weighted by atomic mass is 10.2. The number of morpholine rings is 1. The summed E-state index contributed by atoms with van der Waals surface area (Å²) in [6.07, 6.45) is 3.76. The molecule has 1 atom stereocenters. The largest absolute Gasteiger partial charge is 0.369 e. The predicted octanol–water partition coefficient (Wildman–Crippen LogP) is 1.68. The van der Waals surface area contributed by atoms with Crippen LogP contribution in [0.15, 0.2) is 35.4 Å². The van der Waals surface area contributed by atoms with E-state index in [-0.39, 0.29) is 12.6 Å². The number of ether oxygens (including phenoxy) is 1. The Morgan fingerprint density at radius 1 is 1.21 bits per heavy atom. The number of sulfonamides is 1. The first kappa shape index (κ1) is 15.7. The number of aryl methyl sites for hydroxylation is 1. The number of hydrogen-bond donors (Lipinski definition) is 0. The van der Waals surface area contributed by atoms with Gasteiger partial charge in [0.05, 0.1) is 23.7 Å². The lowest BCUT2D eigenvalue weighted by Gasteiger charge is -2.31. The van der Waals surface area contributed by atoms with E-state index in [0.29, 0.717) is 29.8 Å². The van der Waals surface area contributed by atoms with Crippen molar-refractivity contribution in [2.75, 3.05) is 19.7 Å². The zero-order valence-corrected chi connectivity index (χ0v) is 14.3. The molecule has 1 saturated heterocycles. The van der Waals surface area contributed by atoms with E-state index >= 15 is 0 Å². The second-order valence-corrected chi connectivity index (χ2v) is 8.33. The van der Waals surface area contributed by atoms with Crippen molar-refractivity contribution < 1.29 is 13.2 Å². The highest BCUT2D eigenvalue weighted by molar-refractivity contribution is 7.89. The maximum Gasteiger partial charge on any atom is 0.243 e. The van der Waals surface area contributed by atoms with E-state index in [4.69, 9.17) is 4.74 Å². The Morgan fingerprint density at radius 2 is 1.96 bits per heavy atom. The van der Waals surface area contributed by atoms with E-state index < -0.39 is 10.0 Å². The molecule has 4 rings (SSSR count). The van der Waals surface area contributed by atoms with Crippen LogP contribution in [0.1, 0.15) is 36.2 Å². The van der Waals surface area contributed by atoms with Crippen LogP contribution in [0, 0.1) is 6.92 Å². The van der Waals surface area contributed by atoms with Crippen LogP contribution >= 0.6 is 0 Å². The molecule has 24 heavy (non-hydrogen) atoms. The van der Waals surface area contributed by atoms with Gasteiger partial charge in [-0.2, -0.15) is 4.31 Å². The molecule has 0 spiro atoms. The minimum absolute atomic E-state index is 0.263.